The Morgan fingerprint density at radius 3 is 2.74 bits per heavy atom. The number of hydrogen-bond donors (Lipinski definition) is 1. The van der Waals surface area contributed by atoms with Crippen LogP contribution in [0.25, 0.3) is 0 Å². The first-order valence-corrected chi connectivity index (χ1v) is 9.13. The van der Waals surface area contributed by atoms with Crippen molar-refractivity contribution >= 4 is 17.7 Å². The van der Waals surface area contributed by atoms with Crippen LogP contribution in [0.4, 0.5) is 11.8 Å². The number of hydrogen-bond acceptors (Lipinski definition) is 7. The topological polar surface area (TPSA) is 93.1 Å². The summed E-state index contributed by atoms with van der Waals surface area (Å²) in [5.74, 6) is 1.99. The summed E-state index contributed by atoms with van der Waals surface area (Å²) >= 11 is 0. The second-order valence-corrected chi connectivity index (χ2v) is 7.23. The lowest BCUT2D eigenvalue weighted by atomic mass is 9.93. The number of rotatable bonds is 5. The Kier molecular flexibility index (Phi) is 5.65. The summed E-state index contributed by atoms with van der Waals surface area (Å²) in [6.45, 7) is 6.84. The van der Waals surface area contributed by atoms with Crippen LogP contribution in [0.15, 0.2) is 24.5 Å². The molecule has 8 nitrogen and oxygen atoms in total. The summed E-state index contributed by atoms with van der Waals surface area (Å²) in [5.41, 5.74) is 0.106. The van der Waals surface area contributed by atoms with Crippen molar-refractivity contribution in [2.75, 3.05) is 25.5 Å². The first-order chi connectivity index (χ1) is 12.9. The zero-order valence-corrected chi connectivity index (χ0v) is 16.3. The van der Waals surface area contributed by atoms with Gasteiger partial charge in [0.1, 0.15) is 17.2 Å². The first-order valence-electron chi connectivity index (χ1n) is 9.13. The molecule has 3 heterocycles. The van der Waals surface area contributed by atoms with E-state index >= 15 is 0 Å². The third-order valence-electron chi connectivity index (χ3n) is 4.82. The summed E-state index contributed by atoms with van der Waals surface area (Å²) < 4.78 is 5.36. The minimum atomic E-state index is -0.819. The number of carbonyl (C=O) groups is 1. The van der Waals surface area contributed by atoms with Gasteiger partial charge in [0, 0.05) is 44.6 Å². The highest BCUT2D eigenvalue weighted by Crippen LogP contribution is 2.29. The van der Waals surface area contributed by atoms with Gasteiger partial charge in [0.05, 0.1) is 5.69 Å². The van der Waals surface area contributed by atoms with E-state index in [0.717, 1.165) is 25.1 Å². The molecule has 1 aliphatic rings. The Hall–Kier alpha value is -2.61. The number of piperidine rings is 1. The van der Waals surface area contributed by atoms with Crippen molar-refractivity contribution in [2.24, 2.45) is 0 Å². The molecular formula is C19H26N6O2. The average molecular weight is 370 g/mol. The van der Waals surface area contributed by atoms with Gasteiger partial charge in [-0.15, -0.1) is 0 Å². The maximum absolute atomic E-state index is 12.7. The van der Waals surface area contributed by atoms with Gasteiger partial charge >= 0.3 is 0 Å². The standard InChI is InChI=1S/C19H26N6O2/c1-13-22-15(11-16(23-13)24-18-20-8-6-9-21-18)14-7-5-10-25(12-14)17(26)19(2,3)27-4/h6,8-9,11,14H,5,7,10,12H2,1-4H3,(H,20,21,22,23,24)/t14-/m0/s1. The zero-order valence-electron chi connectivity index (χ0n) is 16.3. The monoisotopic (exact) mass is 370 g/mol. The molecule has 0 saturated carbocycles. The molecule has 8 heteroatoms. The quantitative estimate of drug-likeness (QED) is 0.864. The highest BCUT2D eigenvalue weighted by atomic mass is 16.5. The molecule has 1 fully saturated rings. The van der Waals surface area contributed by atoms with Gasteiger partial charge in [-0.1, -0.05) is 0 Å². The lowest BCUT2D eigenvalue weighted by Crippen LogP contribution is -2.49. The van der Waals surface area contributed by atoms with E-state index in [1.165, 1.54) is 0 Å². The lowest BCUT2D eigenvalue weighted by molar-refractivity contribution is -0.152. The fraction of sp³-hybridized carbons (Fsp3) is 0.526. The molecule has 1 saturated heterocycles. The molecule has 0 aromatic carbocycles. The molecule has 2 aromatic rings. The molecule has 0 spiro atoms. The SMILES string of the molecule is COC(C)(C)C(=O)N1CCC[C@H](c2cc(Nc3ncccn3)nc(C)n2)C1. The molecule has 144 valence electrons. The first kappa shape index (κ1) is 19.2. The number of methoxy groups -OCH3 is 1. The lowest BCUT2D eigenvalue weighted by Gasteiger charge is -2.37. The van der Waals surface area contributed by atoms with Crippen LogP contribution in [0.3, 0.4) is 0 Å². The fourth-order valence-electron chi connectivity index (χ4n) is 3.21. The number of anilines is 2. The molecule has 1 N–H and O–H groups in total. The summed E-state index contributed by atoms with van der Waals surface area (Å²) in [7, 11) is 1.57. The Morgan fingerprint density at radius 2 is 2.04 bits per heavy atom. The van der Waals surface area contributed by atoms with Crippen molar-refractivity contribution in [2.45, 2.75) is 45.1 Å². The van der Waals surface area contributed by atoms with Gasteiger partial charge in [-0.25, -0.2) is 19.9 Å². The Bertz CT molecular complexity index is 796. The number of ether oxygens (including phenoxy) is 1. The minimum Gasteiger partial charge on any atom is -0.369 e. The molecule has 0 unspecified atom stereocenters. The third kappa shape index (κ3) is 4.57. The summed E-state index contributed by atoms with van der Waals surface area (Å²) in [5, 5.41) is 3.12. The van der Waals surface area contributed by atoms with Crippen LogP contribution in [0.1, 0.15) is 44.1 Å². The van der Waals surface area contributed by atoms with E-state index in [-0.39, 0.29) is 11.8 Å². The predicted molar refractivity (Wildman–Crippen MR) is 102 cm³/mol. The molecule has 1 aliphatic heterocycles. The highest BCUT2D eigenvalue weighted by Gasteiger charge is 2.35. The summed E-state index contributed by atoms with van der Waals surface area (Å²) in [4.78, 5) is 32.0. The zero-order chi connectivity index (χ0) is 19.4. The van der Waals surface area contributed by atoms with Crippen LogP contribution in [-0.4, -0.2) is 56.5 Å². The summed E-state index contributed by atoms with van der Waals surface area (Å²) in [6, 6.07) is 3.68. The molecule has 1 atom stereocenters. The third-order valence-corrected chi connectivity index (χ3v) is 4.82. The van der Waals surface area contributed by atoms with Crippen molar-refractivity contribution in [1.29, 1.82) is 0 Å². The summed E-state index contributed by atoms with van der Waals surface area (Å²) in [6.07, 6.45) is 5.26. The van der Waals surface area contributed by atoms with Crippen molar-refractivity contribution < 1.29 is 9.53 Å². The van der Waals surface area contributed by atoms with Gasteiger partial charge in [-0.05, 0) is 39.7 Å². The van der Waals surface area contributed by atoms with E-state index in [4.69, 9.17) is 4.74 Å². The maximum atomic E-state index is 12.7. The fourth-order valence-corrected chi connectivity index (χ4v) is 3.21. The molecule has 1 amide bonds. The van der Waals surface area contributed by atoms with Gasteiger partial charge in [0.15, 0.2) is 0 Å². The largest absolute Gasteiger partial charge is 0.369 e. The van der Waals surface area contributed by atoms with Gasteiger partial charge < -0.3 is 15.0 Å². The number of carbonyl (C=O) groups excluding carboxylic acids is 1. The Morgan fingerprint density at radius 1 is 1.30 bits per heavy atom. The van der Waals surface area contributed by atoms with Crippen molar-refractivity contribution in [3.05, 3.63) is 36.0 Å². The molecular weight excluding hydrogens is 344 g/mol. The van der Waals surface area contributed by atoms with Crippen LogP contribution in [-0.2, 0) is 9.53 Å². The van der Waals surface area contributed by atoms with Crippen LogP contribution >= 0.6 is 0 Å². The van der Waals surface area contributed by atoms with E-state index in [1.54, 1.807) is 39.4 Å². The number of aryl methyl sites for hydroxylation is 1. The highest BCUT2D eigenvalue weighted by molar-refractivity contribution is 5.84. The molecule has 2 aromatic heterocycles. The number of likely N-dealkylation sites (tertiary alicyclic amines) is 1. The van der Waals surface area contributed by atoms with E-state index < -0.39 is 5.60 Å². The number of nitrogens with one attached hydrogen (secondary N) is 1. The van der Waals surface area contributed by atoms with Crippen LogP contribution in [0.5, 0.6) is 0 Å². The molecule has 27 heavy (non-hydrogen) atoms. The van der Waals surface area contributed by atoms with Crippen LogP contribution < -0.4 is 5.32 Å². The van der Waals surface area contributed by atoms with Crippen molar-refractivity contribution in [1.82, 2.24) is 24.8 Å². The normalized spacial score (nSPS) is 17.6. The smallest absolute Gasteiger partial charge is 0.254 e. The van der Waals surface area contributed by atoms with E-state index in [2.05, 4.69) is 25.3 Å². The Balaban J connectivity index is 1.78. The van der Waals surface area contributed by atoms with Crippen molar-refractivity contribution in [3.63, 3.8) is 0 Å². The van der Waals surface area contributed by atoms with Gasteiger partial charge in [-0.3, -0.25) is 4.79 Å². The number of aromatic nitrogens is 4. The van der Waals surface area contributed by atoms with Gasteiger partial charge in [-0.2, -0.15) is 0 Å². The number of amides is 1. The molecule has 0 radical (unpaired) electrons. The second-order valence-electron chi connectivity index (χ2n) is 7.23. The molecule has 3 rings (SSSR count). The maximum Gasteiger partial charge on any atom is 0.254 e. The van der Waals surface area contributed by atoms with Crippen molar-refractivity contribution in [3.8, 4) is 0 Å². The number of nitrogens with zero attached hydrogens (tertiary/aromatic N) is 5. The van der Waals surface area contributed by atoms with E-state index in [1.807, 2.05) is 17.9 Å². The molecule has 0 aliphatic carbocycles. The Labute approximate surface area is 159 Å². The minimum absolute atomic E-state index is 0.0107. The van der Waals surface area contributed by atoms with E-state index in [0.29, 0.717) is 24.1 Å². The second kappa shape index (κ2) is 7.96. The van der Waals surface area contributed by atoms with Crippen LogP contribution in [0.2, 0.25) is 0 Å². The van der Waals surface area contributed by atoms with Gasteiger partial charge in [0.25, 0.3) is 5.91 Å². The predicted octanol–water partition coefficient (Wildman–Crippen LogP) is 2.45. The average Bonchev–Trinajstić information content (AvgIpc) is 2.68. The van der Waals surface area contributed by atoms with Crippen LogP contribution in [0, 0.1) is 6.92 Å². The van der Waals surface area contributed by atoms with E-state index in [9.17, 15) is 4.79 Å². The molecule has 0 bridgehead atoms. The van der Waals surface area contributed by atoms with Gasteiger partial charge in [0.2, 0.25) is 5.95 Å².